The Labute approximate surface area is 83.3 Å². The van der Waals surface area contributed by atoms with Gasteiger partial charge in [0.2, 0.25) is 0 Å². The van der Waals surface area contributed by atoms with Crippen molar-refractivity contribution in [1.29, 1.82) is 0 Å². The van der Waals surface area contributed by atoms with Crippen LogP contribution in [0.1, 0.15) is 25.7 Å². The van der Waals surface area contributed by atoms with Crippen molar-refractivity contribution in [2.75, 3.05) is 0 Å². The van der Waals surface area contributed by atoms with Gasteiger partial charge in [-0.3, -0.25) is 0 Å². The van der Waals surface area contributed by atoms with Crippen molar-refractivity contribution in [3.05, 3.63) is 18.6 Å². The third-order valence-corrected chi connectivity index (χ3v) is 7.29. The highest BCUT2D eigenvalue weighted by Gasteiger charge is 2.52. The third kappa shape index (κ3) is 1.23. The Morgan fingerprint density at radius 1 is 1.21 bits per heavy atom. The van der Waals surface area contributed by atoms with Crippen LogP contribution in [0.4, 0.5) is 0 Å². The molecule has 74 valence electrons. The zero-order chi connectivity index (χ0) is 9.60. The summed E-state index contributed by atoms with van der Waals surface area (Å²) in [5, 5.41) is 0. The van der Waals surface area contributed by atoms with E-state index < -0.39 is 7.14 Å². The Hall–Kier alpha value is -0.690. The first-order chi connectivity index (χ1) is 6.82. The van der Waals surface area contributed by atoms with Crippen LogP contribution in [-0.4, -0.2) is 21.3 Å². The molecule has 2 aliphatic rings. The largest absolute Gasteiger partial charge is 0.316 e. The Morgan fingerprint density at radius 3 is 2.29 bits per heavy atom. The summed E-state index contributed by atoms with van der Waals surface area (Å²) in [7, 11) is -2.14. The predicted molar refractivity (Wildman–Crippen MR) is 55.3 cm³/mol. The maximum atomic E-state index is 12.8. The Bertz CT molecular complexity index is 368. The minimum absolute atomic E-state index is 0.449. The molecule has 0 unspecified atom stereocenters. The summed E-state index contributed by atoms with van der Waals surface area (Å²) >= 11 is 0. The zero-order valence-electron chi connectivity index (χ0n) is 7.97. The van der Waals surface area contributed by atoms with Crippen LogP contribution in [-0.2, 0) is 4.57 Å². The van der Waals surface area contributed by atoms with Crippen LogP contribution in [0.25, 0.3) is 0 Å². The molecular weight excluding hydrogens is 195 g/mol. The van der Waals surface area contributed by atoms with Gasteiger partial charge in [-0.1, -0.05) is 0 Å². The summed E-state index contributed by atoms with van der Waals surface area (Å²) in [5.41, 5.74) is 1.73. The average molecular weight is 208 g/mol. The number of hydrogen-bond donors (Lipinski definition) is 0. The van der Waals surface area contributed by atoms with E-state index >= 15 is 0 Å². The van der Waals surface area contributed by atoms with Crippen molar-refractivity contribution < 1.29 is 4.57 Å². The lowest BCUT2D eigenvalue weighted by molar-refractivity contribution is 0.578. The highest BCUT2D eigenvalue weighted by molar-refractivity contribution is 7.73. The number of hydrogen-bond acceptors (Lipinski definition) is 3. The normalized spacial score (nSPS) is 22.3. The molecule has 0 aliphatic heterocycles. The van der Waals surface area contributed by atoms with Crippen LogP contribution < -0.4 is 5.44 Å². The zero-order valence-corrected chi connectivity index (χ0v) is 8.86. The van der Waals surface area contributed by atoms with Crippen molar-refractivity contribution in [2.24, 2.45) is 0 Å². The van der Waals surface area contributed by atoms with E-state index in [4.69, 9.17) is 0 Å². The van der Waals surface area contributed by atoms with Gasteiger partial charge in [0, 0.05) is 17.5 Å². The summed E-state index contributed by atoms with van der Waals surface area (Å²) in [4.78, 5) is 8.09. The molecule has 0 amide bonds. The van der Waals surface area contributed by atoms with Crippen LogP contribution >= 0.6 is 7.14 Å². The monoisotopic (exact) mass is 208 g/mol. The molecular formula is C10H13N2OP. The van der Waals surface area contributed by atoms with Crippen LogP contribution in [0.5, 0.6) is 0 Å². The molecule has 4 heteroatoms. The van der Waals surface area contributed by atoms with Crippen molar-refractivity contribution >= 4 is 12.6 Å². The summed E-state index contributed by atoms with van der Waals surface area (Å²) < 4.78 is 12.8. The molecule has 1 aromatic rings. The minimum Gasteiger partial charge on any atom is -0.316 e. The van der Waals surface area contributed by atoms with Gasteiger partial charge in [-0.25, -0.2) is 9.97 Å². The topological polar surface area (TPSA) is 42.9 Å². The summed E-state index contributed by atoms with van der Waals surface area (Å²) in [6.45, 7) is 0. The maximum absolute atomic E-state index is 12.8. The van der Waals surface area contributed by atoms with E-state index in [9.17, 15) is 4.57 Å². The molecule has 3 nitrogen and oxygen atoms in total. The first kappa shape index (κ1) is 8.60. The maximum Gasteiger partial charge on any atom is 0.139 e. The van der Waals surface area contributed by atoms with Crippen molar-refractivity contribution in [1.82, 2.24) is 9.97 Å². The quantitative estimate of drug-likeness (QED) is 0.711. The summed E-state index contributed by atoms with van der Waals surface area (Å²) in [6, 6.07) is 1.84. The summed E-state index contributed by atoms with van der Waals surface area (Å²) in [6.07, 6.45) is 7.78. The minimum atomic E-state index is -2.14. The second-order valence-electron chi connectivity index (χ2n) is 4.24. The molecule has 0 atom stereocenters. The molecule has 0 bridgehead atoms. The molecule has 2 aliphatic carbocycles. The van der Waals surface area contributed by atoms with Crippen LogP contribution in [0.2, 0.25) is 0 Å². The van der Waals surface area contributed by atoms with Crippen molar-refractivity contribution in [3.8, 4) is 0 Å². The molecule has 2 fully saturated rings. The molecule has 0 spiro atoms. The smallest absolute Gasteiger partial charge is 0.139 e. The fourth-order valence-corrected chi connectivity index (χ4v) is 5.79. The highest BCUT2D eigenvalue weighted by atomic mass is 31.2. The molecule has 14 heavy (non-hydrogen) atoms. The van der Waals surface area contributed by atoms with Gasteiger partial charge in [0.25, 0.3) is 0 Å². The number of nitrogens with zero attached hydrogens (tertiary/aromatic N) is 2. The van der Waals surface area contributed by atoms with Gasteiger partial charge in [-0.2, -0.15) is 0 Å². The molecule has 3 rings (SSSR count). The molecule has 0 radical (unpaired) electrons. The van der Waals surface area contributed by atoms with E-state index in [1.54, 1.807) is 6.20 Å². The molecule has 1 heterocycles. The SMILES string of the molecule is O=P(c1ccncn1)(C1CC1)C1CC1. The first-order valence-electron chi connectivity index (χ1n) is 5.18. The van der Waals surface area contributed by atoms with Gasteiger partial charge in [-0.05, 0) is 31.7 Å². The fourth-order valence-electron chi connectivity index (χ4n) is 2.08. The van der Waals surface area contributed by atoms with Crippen LogP contribution in [0.15, 0.2) is 18.6 Å². The van der Waals surface area contributed by atoms with Gasteiger partial charge in [-0.15, -0.1) is 0 Å². The first-order valence-corrected chi connectivity index (χ1v) is 7.02. The molecule has 2 saturated carbocycles. The van der Waals surface area contributed by atoms with E-state index in [0.717, 1.165) is 31.1 Å². The Balaban J connectivity index is 2.03. The van der Waals surface area contributed by atoms with Crippen LogP contribution in [0.3, 0.4) is 0 Å². The van der Waals surface area contributed by atoms with Gasteiger partial charge in [0.05, 0.1) is 0 Å². The van der Waals surface area contributed by atoms with E-state index in [1.807, 2.05) is 6.07 Å². The average Bonchev–Trinajstić information content (AvgIpc) is 3.06. The third-order valence-electron chi connectivity index (χ3n) is 3.10. The second kappa shape index (κ2) is 2.90. The van der Waals surface area contributed by atoms with E-state index in [-0.39, 0.29) is 0 Å². The molecule has 0 N–H and O–H groups in total. The predicted octanol–water partition coefficient (Wildman–Crippen LogP) is 1.79. The summed E-state index contributed by atoms with van der Waals surface area (Å²) in [5.74, 6) is 0. The number of aromatic nitrogens is 2. The van der Waals surface area contributed by atoms with E-state index in [1.165, 1.54) is 6.33 Å². The standard InChI is InChI=1S/C10H13N2OP/c13-14(8-1-2-8,9-3-4-9)10-5-6-11-7-12-10/h5-9H,1-4H2. The van der Waals surface area contributed by atoms with Crippen molar-refractivity contribution in [3.63, 3.8) is 0 Å². The molecule has 0 saturated heterocycles. The lowest BCUT2D eigenvalue weighted by atomic mass is 10.7. The lowest BCUT2D eigenvalue weighted by Crippen LogP contribution is -2.15. The van der Waals surface area contributed by atoms with Gasteiger partial charge in [0.1, 0.15) is 18.9 Å². The Morgan fingerprint density at radius 2 is 1.86 bits per heavy atom. The van der Waals surface area contributed by atoms with E-state index in [0.29, 0.717) is 11.3 Å². The van der Waals surface area contributed by atoms with Gasteiger partial charge >= 0.3 is 0 Å². The highest BCUT2D eigenvalue weighted by Crippen LogP contribution is 2.68. The number of rotatable bonds is 3. The fraction of sp³-hybridized carbons (Fsp3) is 0.600. The lowest BCUT2D eigenvalue weighted by Gasteiger charge is -2.15. The Kier molecular flexibility index (Phi) is 1.78. The molecule has 0 aromatic carbocycles. The van der Waals surface area contributed by atoms with Gasteiger partial charge < -0.3 is 4.57 Å². The second-order valence-corrected chi connectivity index (χ2v) is 7.58. The molecule has 1 aromatic heterocycles. The van der Waals surface area contributed by atoms with E-state index in [2.05, 4.69) is 9.97 Å². The van der Waals surface area contributed by atoms with Crippen molar-refractivity contribution in [2.45, 2.75) is 37.0 Å². The van der Waals surface area contributed by atoms with Crippen LogP contribution in [0, 0.1) is 0 Å². The van der Waals surface area contributed by atoms with Gasteiger partial charge in [0.15, 0.2) is 0 Å².